The van der Waals surface area contributed by atoms with Gasteiger partial charge in [0, 0.05) is 69.1 Å². The highest BCUT2D eigenvalue weighted by Gasteiger charge is 2.56. The van der Waals surface area contributed by atoms with Crippen LogP contribution < -0.4 is 4.74 Å². The van der Waals surface area contributed by atoms with Crippen molar-refractivity contribution < 1.29 is 33.4 Å². The molecule has 0 spiro atoms. The summed E-state index contributed by atoms with van der Waals surface area (Å²) < 4.78 is 22.8. The molecule has 0 aromatic carbocycles. The number of methoxy groups -OCH3 is 1. The van der Waals surface area contributed by atoms with Crippen LogP contribution in [-0.4, -0.2) is 107 Å². The number of carbonyl (C=O) groups is 2. The predicted octanol–water partition coefficient (Wildman–Crippen LogP) is 2.41. The van der Waals surface area contributed by atoms with Gasteiger partial charge in [-0.2, -0.15) is 0 Å². The second kappa shape index (κ2) is 10.5. The Labute approximate surface area is 238 Å². The normalized spacial score (nSPS) is 26.3. The zero-order valence-electron chi connectivity index (χ0n) is 23.4. The summed E-state index contributed by atoms with van der Waals surface area (Å²) >= 11 is 0. The van der Waals surface area contributed by atoms with Gasteiger partial charge in [-0.1, -0.05) is 0 Å². The van der Waals surface area contributed by atoms with Gasteiger partial charge in [0.05, 0.1) is 31.8 Å². The molecule has 1 aliphatic carbocycles. The largest absolute Gasteiger partial charge is 0.491 e. The van der Waals surface area contributed by atoms with E-state index in [-0.39, 0.29) is 30.3 Å². The molecule has 3 amide bonds. The minimum absolute atomic E-state index is 0.00376. The summed E-state index contributed by atoms with van der Waals surface area (Å²) in [5, 5.41) is 13.4. The summed E-state index contributed by atoms with van der Waals surface area (Å²) in [5.41, 5.74) is 1.58. The Bertz CT molecular complexity index is 1320. The number of rotatable bonds is 6. The maximum atomic E-state index is 13.8. The molecule has 41 heavy (non-hydrogen) atoms. The van der Waals surface area contributed by atoms with E-state index in [0.717, 1.165) is 44.6 Å². The summed E-state index contributed by atoms with van der Waals surface area (Å²) in [5.74, 6) is 1.73. The molecule has 2 atom stereocenters. The summed E-state index contributed by atoms with van der Waals surface area (Å²) in [4.78, 5) is 37.4. The fraction of sp³-hybridized carbons (Fsp3) is 0.655. The summed E-state index contributed by atoms with van der Waals surface area (Å²) in [6, 6.07) is 3.61. The van der Waals surface area contributed by atoms with Crippen molar-refractivity contribution in [2.24, 2.45) is 11.8 Å². The number of likely N-dealkylation sites (tertiary alicyclic amines) is 2. The quantitative estimate of drug-likeness (QED) is 0.559. The van der Waals surface area contributed by atoms with Crippen molar-refractivity contribution in [2.75, 3.05) is 59.7 Å². The van der Waals surface area contributed by atoms with Gasteiger partial charge in [-0.25, -0.2) is 9.78 Å². The van der Waals surface area contributed by atoms with Crippen molar-refractivity contribution in [1.82, 2.24) is 24.8 Å². The molecule has 0 unspecified atom stereocenters. The molecule has 3 saturated heterocycles. The smallest absolute Gasteiger partial charge is 0.320 e. The van der Waals surface area contributed by atoms with E-state index in [4.69, 9.17) is 23.7 Å². The standard InChI is InChI=1S/C29H37N5O7/c1-38-29-16-33(12-21(29)13-34(17-29)28(37)32-7-4-22-24(14-32)41-31-26(22)35)27(36)20-10-23(19-2-3-19)30-25(11-20)40-15-18-5-8-39-9-6-18/h10-11,18-19,21H,2-9,12-17H2,1H3,(H,31,35)/t21-,29+/m1/s1. The van der Waals surface area contributed by atoms with Crippen molar-refractivity contribution in [1.29, 1.82) is 0 Å². The Hall–Kier alpha value is -3.38. The molecule has 5 aliphatic rings. The first-order valence-corrected chi connectivity index (χ1v) is 14.7. The molecule has 7 rings (SSSR count). The topological polar surface area (TPSA) is 131 Å². The molecule has 2 aromatic rings. The molecule has 4 aliphatic heterocycles. The number of hydrogen-bond acceptors (Lipinski definition) is 9. The fourth-order valence-corrected chi connectivity index (χ4v) is 6.78. The SMILES string of the molecule is CO[C@]12CN(C(=O)c3cc(OCC4CCOCC4)nc(C4CC4)c3)C[C@@H]1CN(C(=O)N1CCc3c(O)noc3C1)C2. The van der Waals surface area contributed by atoms with Crippen LogP contribution in [0.15, 0.2) is 16.7 Å². The number of ether oxygens (including phenoxy) is 3. The number of amides is 3. The number of nitrogens with zero attached hydrogens (tertiary/aromatic N) is 5. The van der Waals surface area contributed by atoms with E-state index < -0.39 is 5.60 Å². The molecule has 1 N–H and O–H groups in total. The predicted molar refractivity (Wildman–Crippen MR) is 144 cm³/mol. The zero-order valence-corrected chi connectivity index (χ0v) is 23.4. The minimum Gasteiger partial charge on any atom is -0.491 e. The van der Waals surface area contributed by atoms with Gasteiger partial charge in [0.2, 0.25) is 5.88 Å². The van der Waals surface area contributed by atoms with Gasteiger partial charge in [0.1, 0.15) is 5.60 Å². The Morgan fingerprint density at radius 3 is 2.63 bits per heavy atom. The van der Waals surface area contributed by atoms with Crippen molar-refractivity contribution in [3.63, 3.8) is 0 Å². The third-order valence-corrected chi connectivity index (χ3v) is 9.46. The van der Waals surface area contributed by atoms with Crippen LogP contribution in [-0.2, 0) is 22.4 Å². The van der Waals surface area contributed by atoms with Gasteiger partial charge >= 0.3 is 6.03 Å². The molecule has 1 saturated carbocycles. The molecule has 4 fully saturated rings. The number of pyridine rings is 1. The Morgan fingerprint density at radius 1 is 1.10 bits per heavy atom. The van der Waals surface area contributed by atoms with Crippen LogP contribution >= 0.6 is 0 Å². The lowest BCUT2D eigenvalue weighted by molar-refractivity contribution is -0.0107. The number of aromatic nitrogens is 2. The van der Waals surface area contributed by atoms with Crippen LogP contribution in [0.2, 0.25) is 0 Å². The van der Waals surface area contributed by atoms with Crippen LogP contribution in [0.3, 0.4) is 0 Å². The van der Waals surface area contributed by atoms with Crippen LogP contribution in [0, 0.1) is 11.8 Å². The highest BCUT2D eigenvalue weighted by molar-refractivity contribution is 5.95. The van der Waals surface area contributed by atoms with Crippen LogP contribution in [0.1, 0.15) is 59.0 Å². The highest BCUT2D eigenvalue weighted by atomic mass is 16.5. The Kier molecular flexibility index (Phi) is 6.77. The lowest BCUT2D eigenvalue weighted by Gasteiger charge is -2.32. The number of hydrogen-bond donors (Lipinski definition) is 1. The summed E-state index contributed by atoms with van der Waals surface area (Å²) in [6.07, 6.45) is 4.63. The van der Waals surface area contributed by atoms with E-state index >= 15 is 0 Å². The molecule has 6 heterocycles. The molecule has 12 heteroatoms. The average molecular weight is 568 g/mol. The third-order valence-electron chi connectivity index (χ3n) is 9.46. The van der Waals surface area contributed by atoms with Gasteiger partial charge in [-0.3, -0.25) is 4.79 Å². The molecule has 0 radical (unpaired) electrons. The number of carbonyl (C=O) groups excluding carboxylic acids is 2. The van der Waals surface area contributed by atoms with Gasteiger partial charge in [0.25, 0.3) is 11.8 Å². The van der Waals surface area contributed by atoms with Crippen molar-refractivity contribution in [3.05, 3.63) is 34.7 Å². The first-order chi connectivity index (χ1) is 19.9. The van der Waals surface area contributed by atoms with Crippen LogP contribution in [0.5, 0.6) is 11.8 Å². The Morgan fingerprint density at radius 2 is 1.88 bits per heavy atom. The molecule has 12 nitrogen and oxygen atoms in total. The van der Waals surface area contributed by atoms with Crippen molar-refractivity contribution in [3.8, 4) is 11.8 Å². The van der Waals surface area contributed by atoms with Crippen molar-refractivity contribution in [2.45, 2.75) is 50.2 Å². The third kappa shape index (κ3) is 5.01. The van der Waals surface area contributed by atoms with E-state index in [1.807, 2.05) is 15.9 Å². The van der Waals surface area contributed by atoms with Crippen LogP contribution in [0.4, 0.5) is 4.79 Å². The molecular formula is C29H37N5O7. The van der Waals surface area contributed by atoms with E-state index in [9.17, 15) is 14.7 Å². The number of aromatic hydroxyl groups is 1. The number of fused-ring (bicyclic) bond motifs is 2. The highest BCUT2D eigenvalue weighted by Crippen LogP contribution is 2.42. The number of urea groups is 1. The second-order valence-electron chi connectivity index (χ2n) is 12.2. The average Bonchev–Trinajstić information content (AvgIpc) is 3.58. The maximum absolute atomic E-state index is 13.8. The lowest BCUT2D eigenvalue weighted by atomic mass is 9.95. The summed E-state index contributed by atoms with van der Waals surface area (Å²) in [7, 11) is 1.67. The molecule has 220 valence electrons. The molecule has 2 aromatic heterocycles. The lowest BCUT2D eigenvalue weighted by Crippen LogP contribution is -2.48. The monoisotopic (exact) mass is 567 g/mol. The van der Waals surface area contributed by atoms with E-state index in [1.54, 1.807) is 18.1 Å². The fourth-order valence-electron chi connectivity index (χ4n) is 6.78. The molecular weight excluding hydrogens is 530 g/mol. The minimum atomic E-state index is -0.620. The van der Waals surface area contributed by atoms with E-state index in [2.05, 4.69) is 5.16 Å². The molecule has 0 bridgehead atoms. The zero-order chi connectivity index (χ0) is 28.1. The van der Waals surface area contributed by atoms with E-state index in [0.29, 0.717) is 80.4 Å². The van der Waals surface area contributed by atoms with Gasteiger partial charge < -0.3 is 38.5 Å². The second-order valence-corrected chi connectivity index (χ2v) is 12.2. The summed E-state index contributed by atoms with van der Waals surface area (Å²) in [6.45, 7) is 4.70. The van der Waals surface area contributed by atoms with Gasteiger partial charge in [0.15, 0.2) is 5.76 Å². The van der Waals surface area contributed by atoms with Gasteiger partial charge in [-0.05, 0) is 49.2 Å². The van der Waals surface area contributed by atoms with E-state index in [1.165, 1.54) is 0 Å². The van der Waals surface area contributed by atoms with Crippen molar-refractivity contribution >= 4 is 11.9 Å². The first-order valence-electron chi connectivity index (χ1n) is 14.7. The first kappa shape index (κ1) is 26.5. The van der Waals surface area contributed by atoms with Crippen LogP contribution in [0.25, 0.3) is 0 Å². The Balaban J connectivity index is 1.02. The maximum Gasteiger partial charge on any atom is 0.320 e. The van der Waals surface area contributed by atoms with Gasteiger partial charge in [-0.15, -0.1) is 0 Å².